The second kappa shape index (κ2) is 8.48. The molecular formula is C25H22BF2N3O3. The van der Waals surface area contributed by atoms with E-state index in [1.165, 1.54) is 23.2 Å². The minimum Gasteiger partial charge on any atom is -0.481 e. The quantitative estimate of drug-likeness (QED) is 0.397. The third-order valence-corrected chi connectivity index (χ3v) is 5.93. The van der Waals surface area contributed by atoms with Crippen molar-refractivity contribution >= 4 is 41.4 Å². The van der Waals surface area contributed by atoms with E-state index in [2.05, 4.69) is 26.8 Å². The highest BCUT2D eigenvalue weighted by molar-refractivity contribution is 6.56. The maximum atomic E-state index is 13.1. The minimum absolute atomic E-state index is 0.0644. The smallest absolute Gasteiger partial charge is 0.394 e. The SMILES string of the molecule is CC(F)(F)Oc1ccc(Nc2nc3cc(CC(=O)O)ccc3n2C2CBc3ccccc32)cc1. The molecule has 0 spiro atoms. The van der Waals surface area contributed by atoms with E-state index in [1.807, 2.05) is 24.3 Å². The van der Waals surface area contributed by atoms with Crippen LogP contribution in [0, 0.1) is 0 Å². The van der Waals surface area contributed by atoms with Crippen LogP contribution in [0.1, 0.15) is 24.1 Å². The van der Waals surface area contributed by atoms with Crippen molar-refractivity contribution in [2.75, 3.05) is 5.32 Å². The van der Waals surface area contributed by atoms with Crippen molar-refractivity contribution in [3.63, 3.8) is 0 Å². The van der Waals surface area contributed by atoms with E-state index >= 15 is 0 Å². The number of nitrogens with one attached hydrogen (secondary N) is 1. The number of ether oxygens (including phenoxy) is 1. The van der Waals surface area contributed by atoms with Gasteiger partial charge in [-0.25, -0.2) is 4.98 Å². The average Bonchev–Trinajstić information content (AvgIpc) is 3.34. The van der Waals surface area contributed by atoms with Crippen LogP contribution in [0.5, 0.6) is 5.75 Å². The van der Waals surface area contributed by atoms with Crippen LogP contribution in [0.3, 0.4) is 0 Å². The lowest BCUT2D eigenvalue weighted by Gasteiger charge is -2.19. The topological polar surface area (TPSA) is 76.4 Å². The number of benzene rings is 3. The van der Waals surface area contributed by atoms with Crippen molar-refractivity contribution in [2.24, 2.45) is 0 Å². The highest BCUT2D eigenvalue weighted by Crippen LogP contribution is 2.35. The number of alkyl halides is 2. The van der Waals surface area contributed by atoms with Crippen LogP contribution in [0.15, 0.2) is 66.7 Å². The van der Waals surface area contributed by atoms with Crippen molar-refractivity contribution in [2.45, 2.75) is 31.8 Å². The van der Waals surface area contributed by atoms with Gasteiger partial charge >= 0.3 is 12.1 Å². The molecular weight excluding hydrogens is 439 g/mol. The predicted octanol–water partition coefficient (Wildman–Crippen LogP) is 4.48. The summed E-state index contributed by atoms with van der Waals surface area (Å²) in [5, 5.41) is 12.5. The molecule has 34 heavy (non-hydrogen) atoms. The highest BCUT2D eigenvalue weighted by Gasteiger charge is 2.28. The molecule has 5 rings (SSSR count). The van der Waals surface area contributed by atoms with Gasteiger partial charge in [-0.15, -0.1) is 0 Å². The molecule has 1 unspecified atom stereocenters. The third-order valence-electron chi connectivity index (χ3n) is 5.93. The molecule has 9 heteroatoms. The lowest BCUT2D eigenvalue weighted by molar-refractivity contribution is -0.159. The van der Waals surface area contributed by atoms with E-state index in [9.17, 15) is 18.7 Å². The maximum Gasteiger partial charge on any atom is 0.394 e. The first-order chi connectivity index (χ1) is 16.3. The van der Waals surface area contributed by atoms with Crippen LogP contribution in [0.4, 0.5) is 20.4 Å². The van der Waals surface area contributed by atoms with E-state index < -0.39 is 12.1 Å². The molecule has 0 saturated carbocycles. The number of hydrogen-bond acceptors (Lipinski definition) is 4. The number of aromatic nitrogens is 2. The van der Waals surface area contributed by atoms with Gasteiger partial charge in [0.2, 0.25) is 5.95 Å². The van der Waals surface area contributed by atoms with Crippen LogP contribution < -0.4 is 15.5 Å². The number of anilines is 2. The Bertz CT molecular complexity index is 1370. The van der Waals surface area contributed by atoms with Gasteiger partial charge in [0, 0.05) is 12.6 Å². The molecule has 1 aromatic heterocycles. The van der Waals surface area contributed by atoms with E-state index in [-0.39, 0.29) is 18.2 Å². The highest BCUT2D eigenvalue weighted by atomic mass is 19.3. The predicted molar refractivity (Wildman–Crippen MR) is 128 cm³/mol. The van der Waals surface area contributed by atoms with Crippen LogP contribution in [-0.4, -0.2) is 34.0 Å². The van der Waals surface area contributed by atoms with Gasteiger partial charge in [-0.3, -0.25) is 4.79 Å². The van der Waals surface area contributed by atoms with Crippen molar-refractivity contribution in [1.29, 1.82) is 0 Å². The lowest BCUT2D eigenvalue weighted by atomic mass is 9.72. The third kappa shape index (κ3) is 4.46. The number of imidazole rings is 1. The summed E-state index contributed by atoms with van der Waals surface area (Å²) in [6.45, 7) is 0.694. The van der Waals surface area contributed by atoms with E-state index in [0.29, 0.717) is 29.6 Å². The van der Waals surface area contributed by atoms with Gasteiger partial charge in [0.1, 0.15) is 5.75 Å². The summed E-state index contributed by atoms with van der Waals surface area (Å²) in [5.41, 5.74) is 5.45. The zero-order chi connectivity index (χ0) is 23.9. The summed E-state index contributed by atoms with van der Waals surface area (Å²) in [4.78, 5) is 16.0. The Morgan fingerprint density at radius 3 is 2.71 bits per heavy atom. The molecule has 1 aliphatic rings. The largest absolute Gasteiger partial charge is 0.481 e. The lowest BCUT2D eigenvalue weighted by Crippen LogP contribution is -2.19. The van der Waals surface area contributed by atoms with E-state index in [0.717, 1.165) is 19.1 Å². The molecule has 0 saturated heterocycles. The molecule has 0 fully saturated rings. The average molecular weight is 461 g/mol. The second-order valence-electron chi connectivity index (χ2n) is 8.51. The molecule has 2 N–H and O–H groups in total. The monoisotopic (exact) mass is 461 g/mol. The number of carboxylic acids is 1. The molecule has 1 aliphatic heterocycles. The standard InChI is InChI=1S/C25H22BF2N3O3/c1-25(27,28)34-17-9-7-16(8-10-17)29-24-30-20-12-15(13-23(32)33)6-11-21(20)31(24)22-14-26-19-5-3-2-4-18(19)22/h2-12,22,26H,13-14H2,1H3,(H,29,30)(H,32,33). The maximum absolute atomic E-state index is 13.1. The Labute approximate surface area is 195 Å². The fourth-order valence-electron chi connectivity index (χ4n) is 4.58. The number of nitrogens with zero attached hydrogens (tertiary/aromatic N) is 2. The second-order valence-corrected chi connectivity index (χ2v) is 8.51. The van der Waals surface area contributed by atoms with Crippen LogP contribution in [0.25, 0.3) is 11.0 Å². The molecule has 6 nitrogen and oxygen atoms in total. The normalized spacial score (nSPS) is 15.1. The van der Waals surface area contributed by atoms with Gasteiger partial charge in [-0.05, 0) is 53.8 Å². The molecule has 0 amide bonds. The first-order valence-electron chi connectivity index (χ1n) is 11.0. The number of carboxylic acid groups (broad SMARTS) is 1. The summed E-state index contributed by atoms with van der Waals surface area (Å²) in [5.74, 6) is -0.241. The van der Waals surface area contributed by atoms with Gasteiger partial charge in [-0.1, -0.05) is 35.8 Å². The molecule has 2 heterocycles. The van der Waals surface area contributed by atoms with Gasteiger partial charge in [-0.2, -0.15) is 8.78 Å². The fraction of sp³-hybridized carbons (Fsp3) is 0.200. The van der Waals surface area contributed by atoms with Gasteiger partial charge < -0.3 is 19.7 Å². The molecule has 0 aliphatic carbocycles. The summed E-state index contributed by atoms with van der Waals surface area (Å²) < 4.78 is 33.0. The van der Waals surface area contributed by atoms with Crippen molar-refractivity contribution < 1.29 is 23.4 Å². The number of carbonyl (C=O) groups is 1. The number of aliphatic carboxylic acids is 1. The van der Waals surface area contributed by atoms with E-state index in [4.69, 9.17) is 4.98 Å². The van der Waals surface area contributed by atoms with Gasteiger partial charge in [0.05, 0.1) is 23.5 Å². The Balaban J connectivity index is 1.55. The van der Waals surface area contributed by atoms with Crippen LogP contribution >= 0.6 is 0 Å². The summed E-state index contributed by atoms with van der Waals surface area (Å²) in [7, 11) is 0.953. The Morgan fingerprint density at radius 2 is 1.97 bits per heavy atom. The molecule has 4 aromatic rings. The zero-order valence-electron chi connectivity index (χ0n) is 18.5. The number of fused-ring (bicyclic) bond motifs is 2. The van der Waals surface area contributed by atoms with Crippen molar-refractivity contribution in [1.82, 2.24) is 9.55 Å². The van der Waals surface area contributed by atoms with Crippen molar-refractivity contribution in [3.8, 4) is 5.75 Å². The summed E-state index contributed by atoms with van der Waals surface area (Å²) in [6.07, 6.45) is -2.43. The first kappa shape index (κ1) is 21.9. The van der Waals surface area contributed by atoms with Crippen LogP contribution in [0.2, 0.25) is 6.32 Å². The van der Waals surface area contributed by atoms with Crippen LogP contribution in [-0.2, 0) is 11.2 Å². The number of rotatable bonds is 7. The molecule has 172 valence electrons. The molecule has 3 aromatic carbocycles. The first-order valence-corrected chi connectivity index (χ1v) is 11.0. The minimum atomic E-state index is -3.26. The number of hydrogen-bond donors (Lipinski definition) is 2. The fourth-order valence-corrected chi connectivity index (χ4v) is 4.58. The Hall–Kier alpha value is -3.88. The summed E-state index contributed by atoms with van der Waals surface area (Å²) in [6, 6.07) is 20.2. The molecule has 1 atom stereocenters. The Morgan fingerprint density at radius 1 is 1.21 bits per heavy atom. The molecule has 0 radical (unpaired) electrons. The van der Waals surface area contributed by atoms with Crippen molar-refractivity contribution in [3.05, 3.63) is 77.9 Å². The zero-order valence-corrected chi connectivity index (χ0v) is 18.5. The summed E-state index contributed by atoms with van der Waals surface area (Å²) >= 11 is 0. The Kier molecular flexibility index (Phi) is 5.47. The van der Waals surface area contributed by atoms with Gasteiger partial charge in [0.25, 0.3) is 0 Å². The van der Waals surface area contributed by atoms with Gasteiger partial charge in [0.15, 0.2) is 7.28 Å². The van der Waals surface area contributed by atoms with E-state index in [1.54, 1.807) is 18.2 Å². The molecule has 0 bridgehead atoms. The number of halogens is 2.